The minimum atomic E-state index is -0.410. The Labute approximate surface area is 163 Å². The van der Waals surface area contributed by atoms with Gasteiger partial charge < -0.3 is 15.5 Å². The van der Waals surface area contributed by atoms with Gasteiger partial charge >= 0.3 is 0 Å². The van der Waals surface area contributed by atoms with Crippen LogP contribution in [0.2, 0.25) is 5.02 Å². The van der Waals surface area contributed by atoms with Crippen LogP contribution in [0, 0.1) is 5.92 Å². The van der Waals surface area contributed by atoms with Crippen LogP contribution in [0.15, 0.2) is 24.3 Å². The molecule has 1 aromatic rings. The summed E-state index contributed by atoms with van der Waals surface area (Å²) in [5.41, 5.74) is 0.562. The molecule has 2 saturated heterocycles. The van der Waals surface area contributed by atoms with Crippen LogP contribution in [0.4, 0.5) is 0 Å². The lowest BCUT2D eigenvalue weighted by Gasteiger charge is -2.32. The fourth-order valence-electron chi connectivity index (χ4n) is 3.08. The topological polar surface area (TPSA) is 61.4 Å². The van der Waals surface area contributed by atoms with Crippen molar-refractivity contribution in [3.63, 3.8) is 0 Å². The summed E-state index contributed by atoms with van der Waals surface area (Å²) in [7, 11) is 0. The zero-order valence-corrected chi connectivity index (χ0v) is 16.4. The third kappa shape index (κ3) is 4.82. The van der Waals surface area contributed by atoms with E-state index >= 15 is 0 Å². The minimum Gasteiger partial charge on any atom is -0.350 e. The van der Waals surface area contributed by atoms with Gasteiger partial charge in [0.25, 0.3) is 5.91 Å². The van der Waals surface area contributed by atoms with Crippen LogP contribution in [0.3, 0.4) is 0 Å². The number of amides is 2. The first-order valence-electron chi connectivity index (χ1n) is 8.21. The SMILES string of the molecule is CC1CCNCC1NC(=O)C1CSCN1C(=O)c1ccc(Cl)cc1.Cl. The highest BCUT2D eigenvalue weighted by atomic mass is 35.5. The molecule has 2 heterocycles. The molecule has 2 aliphatic heterocycles. The summed E-state index contributed by atoms with van der Waals surface area (Å²) < 4.78 is 0. The van der Waals surface area contributed by atoms with E-state index in [1.807, 2.05) is 0 Å². The molecule has 0 saturated carbocycles. The number of hydrogen-bond donors (Lipinski definition) is 2. The molecule has 138 valence electrons. The number of hydrogen-bond acceptors (Lipinski definition) is 4. The Morgan fingerprint density at radius 1 is 1.32 bits per heavy atom. The third-order valence-electron chi connectivity index (χ3n) is 4.69. The van der Waals surface area contributed by atoms with E-state index in [2.05, 4.69) is 17.6 Å². The highest BCUT2D eigenvalue weighted by Crippen LogP contribution is 2.24. The lowest BCUT2D eigenvalue weighted by Crippen LogP contribution is -2.55. The maximum Gasteiger partial charge on any atom is 0.255 e. The average Bonchev–Trinajstić information content (AvgIpc) is 3.07. The first kappa shape index (κ1) is 20.4. The second-order valence-corrected chi connectivity index (χ2v) is 7.82. The van der Waals surface area contributed by atoms with Crippen molar-refractivity contribution in [3.8, 4) is 0 Å². The van der Waals surface area contributed by atoms with Crippen LogP contribution in [0.25, 0.3) is 0 Å². The molecule has 1 aromatic carbocycles. The van der Waals surface area contributed by atoms with Gasteiger partial charge in [-0.05, 0) is 43.1 Å². The summed E-state index contributed by atoms with van der Waals surface area (Å²) in [5.74, 6) is 1.46. The van der Waals surface area contributed by atoms with E-state index in [-0.39, 0.29) is 30.3 Å². The number of carbonyl (C=O) groups excluding carboxylic acids is 2. The molecule has 2 fully saturated rings. The van der Waals surface area contributed by atoms with Gasteiger partial charge in [0.05, 0.1) is 5.88 Å². The van der Waals surface area contributed by atoms with Crippen molar-refractivity contribution in [2.45, 2.75) is 25.4 Å². The molecule has 0 spiro atoms. The zero-order chi connectivity index (χ0) is 17.1. The molecule has 2 amide bonds. The van der Waals surface area contributed by atoms with Crippen molar-refractivity contribution < 1.29 is 9.59 Å². The number of piperidine rings is 1. The van der Waals surface area contributed by atoms with Crippen LogP contribution in [0.5, 0.6) is 0 Å². The van der Waals surface area contributed by atoms with E-state index in [0.717, 1.165) is 19.5 Å². The van der Waals surface area contributed by atoms with Gasteiger partial charge in [-0.3, -0.25) is 9.59 Å². The normalized spacial score (nSPS) is 26.0. The van der Waals surface area contributed by atoms with Crippen molar-refractivity contribution >= 4 is 47.6 Å². The quantitative estimate of drug-likeness (QED) is 0.812. The van der Waals surface area contributed by atoms with Crippen LogP contribution >= 0.6 is 35.8 Å². The van der Waals surface area contributed by atoms with E-state index in [9.17, 15) is 9.59 Å². The predicted octanol–water partition coefficient (Wildman–Crippen LogP) is 2.39. The van der Waals surface area contributed by atoms with Gasteiger partial charge in [-0.1, -0.05) is 18.5 Å². The van der Waals surface area contributed by atoms with Crippen LogP contribution in [-0.2, 0) is 4.79 Å². The van der Waals surface area contributed by atoms with Crippen molar-refractivity contribution in [1.82, 2.24) is 15.5 Å². The van der Waals surface area contributed by atoms with E-state index < -0.39 is 6.04 Å². The third-order valence-corrected chi connectivity index (χ3v) is 5.96. The molecular formula is C17H23Cl2N3O2S. The molecule has 0 bridgehead atoms. The van der Waals surface area contributed by atoms with Crippen molar-refractivity contribution in [2.24, 2.45) is 5.92 Å². The van der Waals surface area contributed by atoms with Gasteiger partial charge in [-0.2, -0.15) is 0 Å². The predicted molar refractivity (Wildman–Crippen MR) is 105 cm³/mol. The van der Waals surface area contributed by atoms with Crippen molar-refractivity contribution in [1.29, 1.82) is 0 Å². The number of halogens is 2. The van der Waals surface area contributed by atoms with Gasteiger partial charge in [0.1, 0.15) is 6.04 Å². The molecule has 2 N–H and O–H groups in total. The first-order chi connectivity index (χ1) is 11.6. The lowest BCUT2D eigenvalue weighted by molar-refractivity contribution is -0.125. The summed E-state index contributed by atoms with van der Waals surface area (Å²) in [4.78, 5) is 27.1. The standard InChI is InChI=1S/C17H22ClN3O2S.ClH/c1-11-6-7-19-8-14(11)20-16(22)15-9-24-10-21(15)17(23)12-2-4-13(18)5-3-12;/h2-5,11,14-15,19H,6-10H2,1H3,(H,20,22);1H. The zero-order valence-electron chi connectivity index (χ0n) is 14.0. The van der Waals surface area contributed by atoms with Crippen LogP contribution < -0.4 is 10.6 Å². The number of rotatable bonds is 3. The average molecular weight is 404 g/mol. The maximum atomic E-state index is 12.7. The maximum absolute atomic E-state index is 12.7. The van der Waals surface area contributed by atoms with Gasteiger partial charge in [-0.15, -0.1) is 24.2 Å². The monoisotopic (exact) mass is 403 g/mol. The fourth-order valence-corrected chi connectivity index (χ4v) is 4.36. The number of nitrogens with one attached hydrogen (secondary N) is 2. The molecule has 3 rings (SSSR count). The number of thioether (sulfide) groups is 1. The summed E-state index contributed by atoms with van der Waals surface area (Å²) in [6.07, 6.45) is 1.05. The Bertz CT molecular complexity index is 614. The molecule has 0 aromatic heterocycles. The Kier molecular flexibility index (Phi) is 7.43. The molecule has 0 aliphatic carbocycles. The van der Waals surface area contributed by atoms with E-state index in [4.69, 9.17) is 11.6 Å². The van der Waals surface area contributed by atoms with E-state index in [0.29, 0.717) is 28.1 Å². The van der Waals surface area contributed by atoms with Crippen molar-refractivity contribution in [2.75, 3.05) is 24.7 Å². The van der Waals surface area contributed by atoms with Gasteiger partial charge in [0.15, 0.2) is 0 Å². The summed E-state index contributed by atoms with van der Waals surface area (Å²) >= 11 is 7.49. The molecule has 5 nitrogen and oxygen atoms in total. The Morgan fingerprint density at radius 3 is 2.72 bits per heavy atom. The largest absolute Gasteiger partial charge is 0.350 e. The number of benzene rings is 1. The summed E-state index contributed by atoms with van der Waals surface area (Å²) in [5, 5.41) is 7.03. The molecule has 2 aliphatic rings. The number of nitrogens with zero attached hydrogens (tertiary/aromatic N) is 1. The summed E-state index contributed by atoms with van der Waals surface area (Å²) in [6, 6.07) is 6.52. The lowest BCUT2D eigenvalue weighted by atomic mass is 9.94. The Balaban J connectivity index is 0.00000225. The minimum absolute atomic E-state index is 0. The van der Waals surface area contributed by atoms with Crippen molar-refractivity contribution in [3.05, 3.63) is 34.9 Å². The molecule has 3 unspecified atom stereocenters. The van der Waals surface area contributed by atoms with Gasteiger partial charge in [0, 0.05) is 28.9 Å². The second kappa shape index (κ2) is 9.12. The van der Waals surface area contributed by atoms with Gasteiger partial charge in [-0.25, -0.2) is 0 Å². The van der Waals surface area contributed by atoms with Crippen LogP contribution in [0.1, 0.15) is 23.7 Å². The fraction of sp³-hybridized carbons (Fsp3) is 0.529. The molecule has 8 heteroatoms. The number of carbonyl (C=O) groups is 2. The van der Waals surface area contributed by atoms with E-state index in [1.54, 1.807) is 40.9 Å². The van der Waals surface area contributed by atoms with E-state index in [1.165, 1.54) is 0 Å². The molecular weight excluding hydrogens is 381 g/mol. The Hall–Kier alpha value is -0.950. The summed E-state index contributed by atoms with van der Waals surface area (Å²) in [6.45, 7) is 3.94. The Morgan fingerprint density at radius 2 is 2.04 bits per heavy atom. The van der Waals surface area contributed by atoms with Crippen LogP contribution in [-0.4, -0.2) is 53.5 Å². The smallest absolute Gasteiger partial charge is 0.255 e. The van der Waals surface area contributed by atoms with Gasteiger partial charge in [0.2, 0.25) is 5.91 Å². The molecule has 3 atom stereocenters. The highest BCUT2D eigenvalue weighted by Gasteiger charge is 2.36. The molecule has 0 radical (unpaired) electrons. The second-order valence-electron chi connectivity index (χ2n) is 6.38. The molecule has 25 heavy (non-hydrogen) atoms. The highest BCUT2D eigenvalue weighted by molar-refractivity contribution is 7.99. The first-order valence-corrected chi connectivity index (χ1v) is 9.75.